The van der Waals surface area contributed by atoms with Crippen LogP contribution in [0, 0.1) is 0 Å². The lowest BCUT2D eigenvalue weighted by atomic mass is 10.0. The summed E-state index contributed by atoms with van der Waals surface area (Å²) in [5, 5.41) is 2.96. The molecule has 1 amide bonds. The summed E-state index contributed by atoms with van der Waals surface area (Å²) < 4.78 is 0. The van der Waals surface area contributed by atoms with E-state index >= 15 is 0 Å². The molecule has 5 N–H and O–H groups in total. The molecule has 1 unspecified atom stereocenters. The minimum absolute atomic E-state index is 0.00304. The van der Waals surface area contributed by atoms with Gasteiger partial charge in [-0.3, -0.25) is 4.79 Å². The van der Waals surface area contributed by atoms with E-state index in [2.05, 4.69) is 12.2 Å². The predicted octanol–water partition coefficient (Wildman–Crippen LogP) is 5.04. The molecule has 0 rings (SSSR count). The SMILES string of the molecule is CCCCCCCCCCCCCCCCNC(=O)C(N)CCCCN. The molecule has 0 radical (unpaired) electrons. The van der Waals surface area contributed by atoms with Gasteiger partial charge in [0.2, 0.25) is 5.91 Å². The van der Waals surface area contributed by atoms with Crippen LogP contribution in [0.25, 0.3) is 0 Å². The molecule has 0 aliphatic heterocycles. The fraction of sp³-hybridized carbons (Fsp3) is 0.955. The maximum absolute atomic E-state index is 11.8. The van der Waals surface area contributed by atoms with Gasteiger partial charge in [-0.15, -0.1) is 0 Å². The van der Waals surface area contributed by atoms with Crippen molar-refractivity contribution in [3.05, 3.63) is 0 Å². The Morgan fingerprint density at radius 2 is 1.19 bits per heavy atom. The first-order valence-electron chi connectivity index (χ1n) is 11.5. The lowest BCUT2D eigenvalue weighted by molar-refractivity contribution is -0.122. The highest BCUT2D eigenvalue weighted by Crippen LogP contribution is 2.12. The maximum atomic E-state index is 11.8. The van der Waals surface area contributed by atoms with Gasteiger partial charge in [0.25, 0.3) is 0 Å². The summed E-state index contributed by atoms with van der Waals surface area (Å²) in [6.07, 6.45) is 21.6. The van der Waals surface area contributed by atoms with Gasteiger partial charge in [-0.1, -0.05) is 96.8 Å². The van der Waals surface area contributed by atoms with Gasteiger partial charge in [0.05, 0.1) is 6.04 Å². The van der Waals surface area contributed by atoms with Crippen LogP contribution in [0.5, 0.6) is 0 Å². The van der Waals surface area contributed by atoms with E-state index in [0.29, 0.717) is 6.54 Å². The van der Waals surface area contributed by atoms with Crippen molar-refractivity contribution in [3.63, 3.8) is 0 Å². The van der Waals surface area contributed by atoms with Crippen LogP contribution in [0.2, 0.25) is 0 Å². The van der Waals surface area contributed by atoms with E-state index < -0.39 is 0 Å². The second-order valence-electron chi connectivity index (χ2n) is 7.78. The smallest absolute Gasteiger partial charge is 0.236 e. The Morgan fingerprint density at radius 1 is 0.731 bits per heavy atom. The minimum atomic E-state index is -0.367. The molecule has 26 heavy (non-hydrogen) atoms. The fourth-order valence-electron chi connectivity index (χ4n) is 3.30. The van der Waals surface area contributed by atoms with Crippen LogP contribution in [-0.2, 0) is 4.79 Å². The van der Waals surface area contributed by atoms with Crippen molar-refractivity contribution in [1.82, 2.24) is 5.32 Å². The molecule has 0 saturated carbocycles. The monoisotopic (exact) mass is 369 g/mol. The normalized spacial score (nSPS) is 12.3. The van der Waals surface area contributed by atoms with Gasteiger partial charge >= 0.3 is 0 Å². The lowest BCUT2D eigenvalue weighted by Crippen LogP contribution is -2.40. The summed E-state index contributed by atoms with van der Waals surface area (Å²) in [5.41, 5.74) is 11.3. The van der Waals surface area contributed by atoms with Crippen molar-refractivity contribution in [2.75, 3.05) is 13.1 Å². The molecular weight excluding hydrogens is 322 g/mol. The molecule has 0 aromatic heterocycles. The largest absolute Gasteiger partial charge is 0.355 e. The molecule has 4 heteroatoms. The van der Waals surface area contributed by atoms with Crippen LogP contribution in [0.1, 0.15) is 116 Å². The molecular formula is C22H47N3O. The number of amides is 1. The first kappa shape index (κ1) is 25.4. The summed E-state index contributed by atoms with van der Waals surface area (Å²) in [4.78, 5) is 11.8. The van der Waals surface area contributed by atoms with Crippen LogP contribution in [0.3, 0.4) is 0 Å². The third-order valence-corrected chi connectivity index (χ3v) is 5.14. The van der Waals surface area contributed by atoms with Crippen LogP contribution in [0.15, 0.2) is 0 Å². The fourth-order valence-corrected chi connectivity index (χ4v) is 3.30. The van der Waals surface area contributed by atoms with Gasteiger partial charge in [0.15, 0.2) is 0 Å². The second kappa shape index (κ2) is 20.7. The van der Waals surface area contributed by atoms with E-state index in [-0.39, 0.29) is 11.9 Å². The van der Waals surface area contributed by atoms with Gasteiger partial charge in [-0.25, -0.2) is 0 Å². The van der Waals surface area contributed by atoms with Gasteiger partial charge in [-0.05, 0) is 25.8 Å². The summed E-state index contributed by atoms with van der Waals surface area (Å²) in [7, 11) is 0. The molecule has 0 spiro atoms. The Balaban J connectivity index is 3.20. The Morgan fingerprint density at radius 3 is 1.65 bits per heavy atom. The van der Waals surface area contributed by atoms with E-state index in [4.69, 9.17) is 11.5 Å². The Hall–Kier alpha value is -0.610. The average Bonchev–Trinajstić information content (AvgIpc) is 2.64. The molecule has 0 aliphatic rings. The number of hydrogen-bond acceptors (Lipinski definition) is 3. The van der Waals surface area contributed by atoms with Crippen molar-refractivity contribution in [1.29, 1.82) is 0 Å². The highest BCUT2D eigenvalue weighted by Gasteiger charge is 2.11. The van der Waals surface area contributed by atoms with E-state index in [9.17, 15) is 4.79 Å². The number of carbonyl (C=O) groups excluding carboxylic acids is 1. The molecule has 0 bridgehead atoms. The molecule has 4 nitrogen and oxygen atoms in total. The number of carbonyl (C=O) groups is 1. The zero-order valence-electron chi connectivity index (χ0n) is 17.6. The summed E-state index contributed by atoms with van der Waals surface area (Å²) in [5.74, 6) is -0.00304. The number of hydrogen-bond donors (Lipinski definition) is 3. The average molecular weight is 370 g/mol. The highest BCUT2D eigenvalue weighted by atomic mass is 16.2. The van der Waals surface area contributed by atoms with Crippen molar-refractivity contribution in [2.45, 2.75) is 122 Å². The number of rotatable bonds is 20. The molecule has 0 aromatic rings. The predicted molar refractivity (Wildman–Crippen MR) is 114 cm³/mol. The standard InChI is InChI=1S/C22H47N3O/c1-2-3-4-5-6-7-8-9-10-11-12-13-14-17-20-25-22(26)21(24)18-15-16-19-23/h21H,2-20,23-24H2,1H3,(H,25,26). The quantitative estimate of drug-likeness (QED) is 0.263. The van der Waals surface area contributed by atoms with E-state index in [0.717, 1.165) is 32.2 Å². The van der Waals surface area contributed by atoms with Crippen LogP contribution >= 0.6 is 0 Å². The van der Waals surface area contributed by atoms with Gasteiger partial charge in [-0.2, -0.15) is 0 Å². The zero-order chi connectivity index (χ0) is 19.3. The third kappa shape index (κ3) is 18.2. The van der Waals surface area contributed by atoms with Gasteiger partial charge < -0.3 is 16.8 Å². The first-order chi connectivity index (χ1) is 12.7. The van der Waals surface area contributed by atoms with Gasteiger partial charge in [0.1, 0.15) is 0 Å². The Kier molecular flexibility index (Phi) is 20.2. The van der Waals surface area contributed by atoms with Crippen molar-refractivity contribution in [3.8, 4) is 0 Å². The van der Waals surface area contributed by atoms with Crippen molar-refractivity contribution >= 4 is 5.91 Å². The first-order valence-corrected chi connectivity index (χ1v) is 11.5. The molecule has 0 saturated heterocycles. The van der Waals surface area contributed by atoms with E-state index in [1.165, 1.54) is 83.5 Å². The molecule has 1 atom stereocenters. The number of nitrogens with one attached hydrogen (secondary N) is 1. The second-order valence-corrected chi connectivity index (χ2v) is 7.78. The zero-order valence-corrected chi connectivity index (χ0v) is 17.6. The maximum Gasteiger partial charge on any atom is 0.236 e. The topological polar surface area (TPSA) is 81.1 Å². The Bertz CT molecular complexity index is 297. The van der Waals surface area contributed by atoms with E-state index in [1.807, 2.05) is 0 Å². The molecule has 0 aromatic carbocycles. The molecule has 0 aliphatic carbocycles. The van der Waals surface area contributed by atoms with E-state index in [1.54, 1.807) is 0 Å². The molecule has 0 fully saturated rings. The number of unbranched alkanes of at least 4 members (excludes halogenated alkanes) is 14. The van der Waals surface area contributed by atoms with Crippen LogP contribution in [0.4, 0.5) is 0 Å². The van der Waals surface area contributed by atoms with Crippen molar-refractivity contribution in [2.24, 2.45) is 11.5 Å². The molecule has 0 heterocycles. The van der Waals surface area contributed by atoms with Crippen LogP contribution in [-0.4, -0.2) is 25.0 Å². The summed E-state index contributed by atoms with van der Waals surface area (Å²) in [6.45, 7) is 3.71. The third-order valence-electron chi connectivity index (χ3n) is 5.14. The van der Waals surface area contributed by atoms with Crippen molar-refractivity contribution < 1.29 is 4.79 Å². The highest BCUT2D eigenvalue weighted by molar-refractivity contribution is 5.81. The summed E-state index contributed by atoms with van der Waals surface area (Å²) in [6, 6.07) is -0.367. The molecule has 156 valence electrons. The van der Waals surface area contributed by atoms with Crippen LogP contribution < -0.4 is 16.8 Å². The number of nitrogens with two attached hydrogens (primary N) is 2. The lowest BCUT2D eigenvalue weighted by Gasteiger charge is -2.11. The summed E-state index contributed by atoms with van der Waals surface area (Å²) >= 11 is 0. The van der Waals surface area contributed by atoms with Gasteiger partial charge in [0, 0.05) is 6.54 Å². The minimum Gasteiger partial charge on any atom is -0.355 e. The Labute approximate surface area is 163 Å².